The third-order valence-electron chi connectivity index (χ3n) is 1.49. The number of thioether (sulfide) groups is 1. The molecule has 0 aliphatic heterocycles. The zero-order valence-electron chi connectivity index (χ0n) is 7.01. The van der Waals surface area contributed by atoms with Crippen molar-refractivity contribution >= 4 is 40.2 Å². The quantitative estimate of drug-likeness (QED) is 0.589. The first kappa shape index (κ1) is 10.9. The van der Waals surface area contributed by atoms with E-state index in [4.69, 9.17) is 23.2 Å². The lowest BCUT2D eigenvalue weighted by atomic mass is 10.2. The van der Waals surface area contributed by atoms with Crippen molar-refractivity contribution in [3.8, 4) is 0 Å². The van der Waals surface area contributed by atoms with Gasteiger partial charge in [-0.2, -0.15) is 0 Å². The Morgan fingerprint density at radius 2 is 2.23 bits per heavy atom. The highest BCUT2D eigenvalue weighted by Crippen LogP contribution is 2.25. The average Bonchev–Trinajstić information content (AvgIpc) is 2.06. The zero-order chi connectivity index (χ0) is 9.84. The molecule has 1 nitrogen and oxygen atoms in total. The molecule has 0 atom stereocenters. The van der Waals surface area contributed by atoms with E-state index in [9.17, 15) is 4.79 Å². The van der Waals surface area contributed by atoms with Gasteiger partial charge in [-0.25, -0.2) is 0 Å². The van der Waals surface area contributed by atoms with Crippen molar-refractivity contribution in [3.63, 3.8) is 0 Å². The first-order chi connectivity index (χ1) is 6.09. The first-order valence-corrected chi connectivity index (χ1v) is 5.41. The monoisotopic (exact) mass is 234 g/mol. The lowest BCUT2D eigenvalue weighted by molar-refractivity contribution is -0.109. The van der Waals surface area contributed by atoms with Gasteiger partial charge in [0.15, 0.2) is 0 Å². The number of hydrogen-bond acceptors (Lipinski definition) is 2. The van der Waals surface area contributed by atoms with Gasteiger partial charge in [0.1, 0.15) is 0 Å². The Kier molecular flexibility index (Phi) is 4.10. The van der Waals surface area contributed by atoms with Crippen molar-refractivity contribution in [2.24, 2.45) is 0 Å². The number of halogens is 2. The van der Waals surface area contributed by atoms with E-state index in [1.807, 2.05) is 25.1 Å². The minimum Gasteiger partial charge on any atom is -0.280 e. The van der Waals surface area contributed by atoms with Crippen LogP contribution < -0.4 is 0 Å². The second-order valence-electron chi connectivity index (χ2n) is 2.55. The molecule has 0 bridgehead atoms. The van der Waals surface area contributed by atoms with Gasteiger partial charge in [0.25, 0.3) is 0 Å². The van der Waals surface area contributed by atoms with Crippen LogP contribution in [0.2, 0.25) is 5.02 Å². The van der Waals surface area contributed by atoms with Crippen LogP contribution >= 0.6 is 35.0 Å². The van der Waals surface area contributed by atoms with Crippen LogP contribution in [0.3, 0.4) is 0 Å². The Balaban J connectivity index is 2.75. The topological polar surface area (TPSA) is 17.1 Å². The molecule has 0 saturated carbocycles. The number of carbonyl (C=O) groups is 1. The highest BCUT2D eigenvalue weighted by molar-refractivity contribution is 8.00. The number of benzene rings is 1. The standard InChI is InChI=1S/C9H8Cl2OS/c1-6-2-3-7(10)4-8(6)13-5-9(11)12/h2-4H,5H2,1H3. The minimum atomic E-state index is -0.343. The van der Waals surface area contributed by atoms with Crippen molar-refractivity contribution in [1.29, 1.82) is 0 Å². The van der Waals surface area contributed by atoms with Gasteiger partial charge in [-0.1, -0.05) is 17.7 Å². The fraction of sp³-hybridized carbons (Fsp3) is 0.222. The van der Waals surface area contributed by atoms with Crippen LogP contribution in [0, 0.1) is 6.92 Å². The van der Waals surface area contributed by atoms with Crippen molar-refractivity contribution in [2.45, 2.75) is 11.8 Å². The molecule has 0 saturated heterocycles. The third-order valence-corrected chi connectivity index (χ3v) is 3.18. The number of aryl methyl sites for hydroxylation is 1. The van der Waals surface area contributed by atoms with Gasteiger partial charge in [-0.05, 0) is 36.2 Å². The number of hydrogen-bond donors (Lipinski definition) is 0. The molecule has 0 unspecified atom stereocenters. The van der Waals surface area contributed by atoms with Crippen LogP contribution in [0.1, 0.15) is 5.56 Å². The van der Waals surface area contributed by atoms with E-state index in [1.165, 1.54) is 11.8 Å². The van der Waals surface area contributed by atoms with E-state index in [2.05, 4.69) is 0 Å². The first-order valence-electron chi connectivity index (χ1n) is 3.67. The van der Waals surface area contributed by atoms with Crippen LogP contribution in [0.25, 0.3) is 0 Å². The molecule has 0 N–H and O–H groups in total. The van der Waals surface area contributed by atoms with E-state index >= 15 is 0 Å². The van der Waals surface area contributed by atoms with Crippen molar-refractivity contribution in [3.05, 3.63) is 28.8 Å². The minimum absolute atomic E-state index is 0.280. The van der Waals surface area contributed by atoms with Gasteiger partial charge in [0.2, 0.25) is 5.24 Å². The van der Waals surface area contributed by atoms with Crippen LogP contribution in [0.15, 0.2) is 23.1 Å². The van der Waals surface area contributed by atoms with Crippen LogP contribution in [0.5, 0.6) is 0 Å². The van der Waals surface area contributed by atoms with E-state index in [0.29, 0.717) is 5.02 Å². The second kappa shape index (κ2) is 4.89. The molecule has 1 aromatic rings. The lowest BCUT2D eigenvalue weighted by Gasteiger charge is -2.03. The van der Waals surface area contributed by atoms with Gasteiger partial charge in [0, 0.05) is 9.92 Å². The largest absolute Gasteiger partial charge is 0.280 e. The van der Waals surface area contributed by atoms with Gasteiger partial charge >= 0.3 is 0 Å². The maximum atomic E-state index is 10.5. The zero-order valence-corrected chi connectivity index (χ0v) is 9.34. The summed E-state index contributed by atoms with van der Waals surface area (Å²) >= 11 is 12.4. The van der Waals surface area contributed by atoms with Gasteiger partial charge < -0.3 is 0 Å². The predicted molar refractivity (Wildman–Crippen MR) is 57.8 cm³/mol. The SMILES string of the molecule is Cc1ccc(Cl)cc1SCC(=O)Cl. The van der Waals surface area contributed by atoms with Crippen molar-refractivity contribution < 1.29 is 4.79 Å². The number of rotatable bonds is 3. The summed E-state index contributed by atoms with van der Waals surface area (Å²) in [7, 11) is 0. The fourth-order valence-corrected chi connectivity index (χ4v) is 2.04. The summed E-state index contributed by atoms with van der Waals surface area (Å²) in [6.07, 6.45) is 0. The van der Waals surface area contributed by atoms with Crippen LogP contribution in [-0.2, 0) is 4.79 Å². The van der Waals surface area contributed by atoms with Crippen molar-refractivity contribution in [2.75, 3.05) is 5.75 Å². The highest BCUT2D eigenvalue weighted by atomic mass is 35.5. The molecular formula is C9H8Cl2OS. The molecule has 1 aromatic carbocycles. The maximum absolute atomic E-state index is 10.5. The molecule has 0 heterocycles. The highest BCUT2D eigenvalue weighted by Gasteiger charge is 2.02. The molecule has 0 fully saturated rings. The van der Waals surface area contributed by atoms with Gasteiger partial charge in [-0.3, -0.25) is 4.79 Å². The molecular weight excluding hydrogens is 227 g/mol. The van der Waals surface area contributed by atoms with Gasteiger partial charge in [-0.15, -0.1) is 11.8 Å². The van der Waals surface area contributed by atoms with E-state index < -0.39 is 0 Å². The summed E-state index contributed by atoms with van der Waals surface area (Å²) in [5, 5.41) is 0.333. The normalized spacial score (nSPS) is 10.1. The van der Waals surface area contributed by atoms with Crippen LogP contribution in [-0.4, -0.2) is 11.0 Å². The summed E-state index contributed by atoms with van der Waals surface area (Å²) < 4.78 is 0. The maximum Gasteiger partial charge on any atom is 0.231 e. The average molecular weight is 235 g/mol. The Morgan fingerprint density at radius 3 is 2.85 bits per heavy atom. The molecule has 0 amide bonds. The smallest absolute Gasteiger partial charge is 0.231 e. The molecule has 70 valence electrons. The summed E-state index contributed by atoms with van der Waals surface area (Å²) in [6, 6.07) is 5.58. The summed E-state index contributed by atoms with van der Waals surface area (Å²) in [5.41, 5.74) is 1.10. The molecule has 1 rings (SSSR count). The van der Waals surface area contributed by atoms with E-state index in [1.54, 1.807) is 0 Å². The second-order valence-corrected chi connectivity index (χ2v) is 4.43. The molecule has 0 radical (unpaired) electrons. The number of carbonyl (C=O) groups excluding carboxylic acids is 1. The lowest BCUT2D eigenvalue weighted by Crippen LogP contribution is -1.90. The van der Waals surface area contributed by atoms with E-state index in [0.717, 1.165) is 10.5 Å². The van der Waals surface area contributed by atoms with E-state index in [-0.39, 0.29) is 11.0 Å². The Morgan fingerprint density at radius 1 is 1.54 bits per heavy atom. The molecule has 0 aliphatic rings. The van der Waals surface area contributed by atoms with Crippen LogP contribution in [0.4, 0.5) is 0 Å². The third kappa shape index (κ3) is 3.59. The predicted octanol–water partition coefficient (Wildman–Crippen LogP) is 3.51. The van der Waals surface area contributed by atoms with Gasteiger partial charge in [0.05, 0.1) is 5.75 Å². The Labute approximate surface area is 91.4 Å². The molecule has 0 aliphatic carbocycles. The fourth-order valence-electron chi connectivity index (χ4n) is 0.864. The molecule has 13 heavy (non-hydrogen) atoms. The molecule has 0 spiro atoms. The summed E-state index contributed by atoms with van der Waals surface area (Å²) in [6.45, 7) is 1.97. The molecule has 0 aromatic heterocycles. The summed E-state index contributed by atoms with van der Waals surface area (Å²) in [4.78, 5) is 11.5. The van der Waals surface area contributed by atoms with Crippen molar-refractivity contribution in [1.82, 2.24) is 0 Å². The molecule has 4 heteroatoms. The summed E-state index contributed by atoms with van der Waals surface area (Å²) in [5.74, 6) is 0.280. The Hall–Kier alpha value is -0.180. The Bertz CT molecular complexity index is 325.